The minimum atomic E-state index is -0.163. The van der Waals surface area contributed by atoms with Gasteiger partial charge in [0.2, 0.25) is 0 Å². The molecule has 1 aromatic carbocycles. The van der Waals surface area contributed by atoms with E-state index in [0.29, 0.717) is 18.5 Å². The van der Waals surface area contributed by atoms with Crippen LogP contribution < -0.4 is 11.1 Å². The van der Waals surface area contributed by atoms with Gasteiger partial charge in [0.1, 0.15) is 5.82 Å². The van der Waals surface area contributed by atoms with E-state index in [9.17, 15) is 4.39 Å². The maximum Gasteiger partial charge on any atom is 0.123 e. The topological polar surface area (TPSA) is 38.0 Å². The second-order valence-corrected chi connectivity index (χ2v) is 4.99. The third-order valence-electron chi connectivity index (χ3n) is 3.81. The average molecular weight is 220 g/mol. The van der Waals surface area contributed by atoms with Gasteiger partial charge in [-0.2, -0.15) is 0 Å². The van der Waals surface area contributed by atoms with E-state index in [-0.39, 0.29) is 5.82 Å². The molecule has 2 nitrogen and oxygen atoms in total. The van der Waals surface area contributed by atoms with Gasteiger partial charge >= 0.3 is 0 Å². The van der Waals surface area contributed by atoms with Crippen molar-refractivity contribution in [1.29, 1.82) is 0 Å². The van der Waals surface area contributed by atoms with Gasteiger partial charge in [0.25, 0.3) is 0 Å². The lowest BCUT2D eigenvalue weighted by molar-refractivity contribution is 0.494. The molecule has 1 saturated carbocycles. The van der Waals surface area contributed by atoms with Gasteiger partial charge in [0, 0.05) is 17.6 Å². The summed E-state index contributed by atoms with van der Waals surface area (Å²) in [6.07, 6.45) is 3.70. The number of fused-ring (bicyclic) bond motifs is 1. The summed E-state index contributed by atoms with van der Waals surface area (Å²) in [6, 6.07) is 5.55. The van der Waals surface area contributed by atoms with Crippen molar-refractivity contribution in [2.75, 3.05) is 11.9 Å². The van der Waals surface area contributed by atoms with Crippen molar-refractivity contribution in [3.63, 3.8) is 0 Å². The molecule has 1 aliphatic heterocycles. The SMILES string of the molecule is NCC1CC(C2CC2)Nc2ccc(F)cc21. The first-order valence-corrected chi connectivity index (χ1v) is 6.04. The van der Waals surface area contributed by atoms with Gasteiger partial charge in [-0.15, -0.1) is 0 Å². The Bertz CT molecular complexity index is 401. The van der Waals surface area contributed by atoms with Crippen LogP contribution in [0, 0.1) is 11.7 Å². The van der Waals surface area contributed by atoms with Crippen LogP contribution in [0.2, 0.25) is 0 Å². The van der Waals surface area contributed by atoms with Crippen LogP contribution in [-0.4, -0.2) is 12.6 Å². The second kappa shape index (κ2) is 3.74. The van der Waals surface area contributed by atoms with Crippen molar-refractivity contribution in [1.82, 2.24) is 0 Å². The number of benzene rings is 1. The molecule has 3 N–H and O–H groups in total. The Balaban J connectivity index is 1.93. The van der Waals surface area contributed by atoms with Gasteiger partial charge in [-0.05, 0) is 55.5 Å². The number of hydrogen-bond donors (Lipinski definition) is 2. The predicted octanol–water partition coefficient (Wildman–Crippen LogP) is 2.46. The average Bonchev–Trinajstić information content (AvgIpc) is 3.11. The number of anilines is 1. The molecule has 0 bridgehead atoms. The highest BCUT2D eigenvalue weighted by Crippen LogP contribution is 2.43. The molecule has 0 amide bonds. The van der Waals surface area contributed by atoms with Gasteiger partial charge in [-0.1, -0.05) is 0 Å². The third kappa shape index (κ3) is 1.69. The number of halogens is 1. The zero-order chi connectivity index (χ0) is 11.1. The zero-order valence-electron chi connectivity index (χ0n) is 9.25. The molecule has 0 aromatic heterocycles. The molecule has 3 rings (SSSR count). The van der Waals surface area contributed by atoms with Crippen LogP contribution in [0.15, 0.2) is 18.2 Å². The summed E-state index contributed by atoms with van der Waals surface area (Å²) in [5.41, 5.74) is 7.94. The molecule has 0 spiro atoms. The second-order valence-electron chi connectivity index (χ2n) is 4.99. The van der Waals surface area contributed by atoms with E-state index in [1.165, 1.54) is 18.9 Å². The van der Waals surface area contributed by atoms with Crippen LogP contribution in [-0.2, 0) is 0 Å². The van der Waals surface area contributed by atoms with Crippen molar-refractivity contribution in [3.05, 3.63) is 29.6 Å². The van der Waals surface area contributed by atoms with E-state index >= 15 is 0 Å². The van der Waals surface area contributed by atoms with Gasteiger partial charge in [-0.25, -0.2) is 4.39 Å². The van der Waals surface area contributed by atoms with Gasteiger partial charge < -0.3 is 11.1 Å². The first kappa shape index (κ1) is 10.1. The Labute approximate surface area is 95.0 Å². The van der Waals surface area contributed by atoms with Gasteiger partial charge in [-0.3, -0.25) is 0 Å². The molecule has 16 heavy (non-hydrogen) atoms. The predicted molar refractivity (Wildman–Crippen MR) is 62.9 cm³/mol. The van der Waals surface area contributed by atoms with Crippen LogP contribution in [0.4, 0.5) is 10.1 Å². The molecule has 2 aliphatic rings. The van der Waals surface area contributed by atoms with Crippen LogP contribution in [0.1, 0.15) is 30.7 Å². The van der Waals surface area contributed by atoms with Crippen molar-refractivity contribution in [2.45, 2.75) is 31.2 Å². The minimum Gasteiger partial charge on any atom is -0.382 e. The number of hydrogen-bond acceptors (Lipinski definition) is 2. The van der Waals surface area contributed by atoms with E-state index in [0.717, 1.165) is 23.6 Å². The molecule has 3 heteroatoms. The zero-order valence-corrected chi connectivity index (χ0v) is 9.25. The first-order valence-electron chi connectivity index (χ1n) is 6.04. The summed E-state index contributed by atoms with van der Waals surface area (Å²) in [6.45, 7) is 0.612. The molecule has 1 aliphatic carbocycles. The summed E-state index contributed by atoms with van der Waals surface area (Å²) in [5, 5.41) is 3.53. The molecule has 2 unspecified atom stereocenters. The number of nitrogens with one attached hydrogen (secondary N) is 1. The number of nitrogens with two attached hydrogens (primary N) is 1. The Morgan fingerprint density at radius 2 is 2.19 bits per heavy atom. The first-order chi connectivity index (χ1) is 7.78. The third-order valence-corrected chi connectivity index (χ3v) is 3.81. The van der Waals surface area contributed by atoms with Gasteiger partial charge in [0.05, 0.1) is 0 Å². The lowest BCUT2D eigenvalue weighted by Crippen LogP contribution is -2.32. The van der Waals surface area contributed by atoms with E-state index in [1.54, 1.807) is 6.07 Å². The molecule has 0 radical (unpaired) electrons. The summed E-state index contributed by atoms with van der Waals surface area (Å²) >= 11 is 0. The highest BCUT2D eigenvalue weighted by Gasteiger charge is 2.36. The Hall–Kier alpha value is -1.09. The fourth-order valence-corrected chi connectivity index (χ4v) is 2.73. The minimum absolute atomic E-state index is 0.163. The number of rotatable bonds is 2. The van der Waals surface area contributed by atoms with E-state index in [2.05, 4.69) is 5.32 Å². The van der Waals surface area contributed by atoms with Crippen LogP contribution >= 0.6 is 0 Å². The maximum absolute atomic E-state index is 13.2. The van der Waals surface area contributed by atoms with E-state index in [1.807, 2.05) is 6.07 Å². The van der Waals surface area contributed by atoms with Crippen LogP contribution in [0.3, 0.4) is 0 Å². The van der Waals surface area contributed by atoms with E-state index < -0.39 is 0 Å². The normalized spacial score (nSPS) is 28.4. The standard InChI is InChI=1S/C13H17FN2/c14-10-3-4-12-11(6-10)9(7-15)5-13(16-12)8-1-2-8/h3-4,6,8-9,13,16H,1-2,5,7,15H2. The summed E-state index contributed by atoms with van der Waals surface area (Å²) in [7, 11) is 0. The molecule has 1 fully saturated rings. The lowest BCUT2D eigenvalue weighted by atomic mass is 9.85. The van der Waals surface area contributed by atoms with Crippen LogP contribution in [0.5, 0.6) is 0 Å². The summed E-state index contributed by atoms with van der Waals surface area (Å²) < 4.78 is 13.2. The Morgan fingerprint density at radius 3 is 2.88 bits per heavy atom. The molecule has 1 aromatic rings. The molecule has 86 valence electrons. The Kier molecular flexibility index (Phi) is 2.36. The largest absolute Gasteiger partial charge is 0.382 e. The maximum atomic E-state index is 13.2. The fraction of sp³-hybridized carbons (Fsp3) is 0.538. The van der Waals surface area contributed by atoms with Crippen molar-refractivity contribution in [2.24, 2.45) is 11.7 Å². The molecule has 0 saturated heterocycles. The van der Waals surface area contributed by atoms with Crippen molar-refractivity contribution >= 4 is 5.69 Å². The fourth-order valence-electron chi connectivity index (χ4n) is 2.73. The van der Waals surface area contributed by atoms with Crippen molar-refractivity contribution < 1.29 is 4.39 Å². The molecule has 1 heterocycles. The Morgan fingerprint density at radius 1 is 1.38 bits per heavy atom. The molecular formula is C13H17FN2. The quantitative estimate of drug-likeness (QED) is 0.803. The summed E-state index contributed by atoms with van der Waals surface area (Å²) in [4.78, 5) is 0. The monoisotopic (exact) mass is 220 g/mol. The lowest BCUT2D eigenvalue weighted by Gasteiger charge is -2.32. The van der Waals surface area contributed by atoms with Crippen LogP contribution in [0.25, 0.3) is 0 Å². The molecular weight excluding hydrogens is 203 g/mol. The van der Waals surface area contributed by atoms with E-state index in [4.69, 9.17) is 5.73 Å². The van der Waals surface area contributed by atoms with Crippen molar-refractivity contribution in [3.8, 4) is 0 Å². The summed E-state index contributed by atoms with van der Waals surface area (Å²) in [5.74, 6) is 0.966. The smallest absolute Gasteiger partial charge is 0.123 e. The highest BCUT2D eigenvalue weighted by molar-refractivity contribution is 5.56. The molecule has 2 atom stereocenters. The van der Waals surface area contributed by atoms with Gasteiger partial charge in [0.15, 0.2) is 0 Å². The highest BCUT2D eigenvalue weighted by atomic mass is 19.1.